The van der Waals surface area contributed by atoms with Crippen molar-refractivity contribution in [3.63, 3.8) is 0 Å². The SMILES string of the molecule is COCCN(C(C)(C)C)S(=O)(=O)c1ccc(Nc2nccc(-c3cnc(C)n3CC3CC3)n2)cc1. The molecule has 10 heteroatoms. The maximum absolute atomic E-state index is 13.3. The number of aryl methyl sites for hydroxylation is 1. The van der Waals surface area contributed by atoms with Crippen LogP contribution in [0.5, 0.6) is 0 Å². The number of sulfonamides is 1. The molecule has 1 N–H and O–H groups in total. The molecule has 0 amide bonds. The van der Waals surface area contributed by atoms with Gasteiger partial charge in [-0.25, -0.2) is 23.4 Å². The molecule has 188 valence electrons. The summed E-state index contributed by atoms with van der Waals surface area (Å²) in [6.07, 6.45) is 6.09. The van der Waals surface area contributed by atoms with E-state index in [0.717, 1.165) is 29.7 Å². The van der Waals surface area contributed by atoms with Gasteiger partial charge in [-0.3, -0.25) is 0 Å². The monoisotopic (exact) mass is 498 g/mol. The molecule has 2 aromatic heterocycles. The van der Waals surface area contributed by atoms with Crippen molar-refractivity contribution in [1.29, 1.82) is 0 Å². The van der Waals surface area contributed by atoms with Crippen LogP contribution >= 0.6 is 0 Å². The van der Waals surface area contributed by atoms with Crippen LogP contribution in [-0.2, 0) is 21.3 Å². The largest absolute Gasteiger partial charge is 0.383 e. The van der Waals surface area contributed by atoms with Gasteiger partial charge in [0.25, 0.3) is 0 Å². The minimum atomic E-state index is -3.69. The number of aromatic nitrogens is 4. The Bertz CT molecular complexity index is 1260. The Labute approximate surface area is 207 Å². The summed E-state index contributed by atoms with van der Waals surface area (Å²) >= 11 is 0. The molecule has 0 atom stereocenters. The second-order valence-corrected chi connectivity index (χ2v) is 11.8. The predicted molar refractivity (Wildman–Crippen MR) is 136 cm³/mol. The zero-order chi connectivity index (χ0) is 25.2. The Morgan fingerprint density at radius 1 is 1.14 bits per heavy atom. The number of hydrogen-bond donors (Lipinski definition) is 1. The highest BCUT2D eigenvalue weighted by atomic mass is 32.2. The number of ether oxygens (including phenoxy) is 1. The van der Waals surface area contributed by atoms with E-state index in [1.165, 1.54) is 17.1 Å². The Hall–Kier alpha value is -2.82. The van der Waals surface area contributed by atoms with Gasteiger partial charge < -0.3 is 14.6 Å². The normalized spacial score (nSPS) is 14.5. The predicted octanol–water partition coefficient (Wildman–Crippen LogP) is 4.24. The fraction of sp³-hybridized carbons (Fsp3) is 0.480. The van der Waals surface area contributed by atoms with E-state index in [9.17, 15) is 8.42 Å². The van der Waals surface area contributed by atoms with Crippen molar-refractivity contribution in [2.45, 2.75) is 57.5 Å². The summed E-state index contributed by atoms with van der Waals surface area (Å²) in [6.45, 7) is 9.19. The van der Waals surface area contributed by atoms with Gasteiger partial charge in [-0.2, -0.15) is 4.31 Å². The van der Waals surface area contributed by atoms with Gasteiger partial charge in [0, 0.05) is 37.6 Å². The topological polar surface area (TPSA) is 102 Å². The molecule has 0 bridgehead atoms. The molecule has 1 aliphatic carbocycles. The Morgan fingerprint density at radius 2 is 1.86 bits per heavy atom. The lowest BCUT2D eigenvalue weighted by Crippen LogP contribution is -2.47. The molecule has 1 aliphatic rings. The summed E-state index contributed by atoms with van der Waals surface area (Å²) in [5, 5.41) is 3.19. The lowest BCUT2D eigenvalue weighted by Gasteiger charge is -2.34. The number of benzene rings is 1. The molecule has 1 aromatic carbocycles. The van der Waals surface area contributed by atoms with Gasteiger partial charge in [0.2, 0.25) is 16.0 Å². The van der Waals surface area contributed by atoms with Crippen LogP contribution in [0.4, 0.5) is 11.6 Å². The maximum Gasteiger partial charge on any atom is 0.243 e. The van der Waals surface area contributed by atoms with Crippen molar-refractivity contribution in [3.05, 3.63) is 48.5 Å². The van der Waals surface area contributed by atoms with Gasteiger partial charge in [-0.1, -0.05) is 0 Å². The smallest absolute Gasteiger partial charge is 0.243 e. The number of methoxy groups -OCH3 is 1. The molecule has 4 rings (SSSR count). The first kappa shape index (κ1) is 25.3. The third kappa shape index (κ3) is 5.88. The summed E-state index contributed by atoms with van der Waals surface area (Å²) in [5.74, 6) is 2.14. The summed E-state index contributed by atoms with van der Waals surface area (Å²) in [7, 11) is -2.12. The van der Waals surface area contributed by atoms with E-state index in [2.05, 4.69) is 24.8 Å². The van der Waals surface area contributed by atoms with Gasteiger partial charge in [0.1, 0.15) is 5.82 Å². The van der Waals surface area contributed by atoms with Gasteiger partial charge >= 0.3 is 0 Å². The molecular weight excluding hydrogens is 464 g/mol. The van der Waals surface area contributed by atoms with Crippen molar-refractivity contribution in [1.82, 2.24) is 23.8 Å². The number of hydrogen-bond acceptors (Lipinski definition) is 7. The number of rotatable bonds is 10. The maximum atomic E-state index is 13.3. The van der Waals surface area contributed by atoms with Crippen molar-refractivity contribution < 1.29 is 13.2 Å². The molecule has 3 aromatic rings. The standard InChI is InChI=1S/C25H34N6O3S/c1-18-27-16-23(30(18)17-19-6-7-19)22-12-13-26-24(29-22)28-20-8-10-21(11-9-20)35(32,33)31(14-15-34-5)25(2,3)4/h8-13,16,19H,6-7,14-15,17H2,1-5H3,(H,26,28,29). The number of nitrogens with one attached hydrogen (secondary N) is 1. The first-order valence-electron chi connectivity index (χ1n) is 11.8. The third-order valence-corrected chi connectivity index (χ3v) is 8.23. The average Bonchev–Trinajstić information content (AvgIpc) is 3.55. The molecule has 1 fully saturated rings. The summed E-state index contributed by atoms with van der Waals surface area (Å²) in [6, 6.07) is 8.52. The zero-order valence-corrected chi connectivity index (χ0v) is 21.8. The van der Waals surface area contributed by atoms with Crippen molar-refractivity contribution in [2.75, 3.05) is 25.6 Å². The average molecular weight is 499 g/mol. The lowest BCUT2D eigenvalue weighted by molar-refractivity contribution is 0.148. The van der Waals surface area contributed by atoms with E-state index >= 15 is 0 Å². The molecule has 1 saturated carbocycles. The van der Waals surface area contributed by atoms with Crippen LogP contribution in [0.2, 0.25) is 0 Å². The van der Waals surface area contributed by atoms with Crippen molar-refractivity contribution in [2.24, 2.45) is 5.92 Å². The van der Waals surface area contributed by atoms with E-state index in [-0.39, 0.29) is 11.4 Å². The highest BCUT2D eigenvalue weighted by Crippen LogP contribution is 2.33. The van der Waals surface area contributed by atoms with Crippen LogP contribution in [-0.4, -0.2) is 58.0 Å². The second kappa shape index (κ2) is 10.0. The van der Waals surface area contributed by atoms with Gasteiger partial charge in [-0.05, 0) is 76.8 Å². The molecule has 0 saturated heterocycles. The van der Waals surface area contributed by atoms with Crippen LogP contribution in [0.25, 0.3) is 11.4 Å². The number of imidazole rings is 1. The van der Waals surface area contributed by atoms with E-state index in [1.807, 2.05) is 40.0 Å². The van der Waals surface area contributed by atoms with Crippen LogP contribution in [0, 0.1) is 12.8 Å². The molecule has 35 heavy (non-hydrogen) atoms. The van der Waals surface area contributed by atoms with E-state index in [1.54, 1.807) is 37.6 Å². The summed E-state index contributed by atoms with van der Waals surface area (Å²) < 4.78 is 35.4. The Balaban J connectivity index is 1.53. The summed E-state index contributed by atoms with van der Waals surface area (Å²) in [4.78, 5) is 13.7. The molecular formula is C25H34N6O3S. The molecule has 2 heterocycles. The number of nitrogens with zero attached hydrogens (tertiary/aromatic N) is 5. The molecule has 0 radical (unpaired) electrons. The Morgan fingerprint density at radius 3 is 2.49 bits per heavy atom. The van der Waals surface area contributed by atoms with E-state index in [0.29, 0.717) is 18.2 Å². The van der Waals surface area contributed by atoms with Crippen molar-refractivity contribution >= 4 is 21.7 Å². The second-order valence-electron chi connectivity index (χ2n) is 9.90. The quantitative estimate of drug-likeness (QED) is 0.446. The van der Waals surface area contributed by atoms with Crippen LogP contribution in [0.1, 0.15) is 39.4 Å². The van der Waals surface area contributed by atoms with Crippen LogP contribution in [0.15, 0.2) is 47.6 Å². The molecule has 0 aliphatic heterocycles. The van der Waals surface area contributed by atoms with Crippen LogP contribution in [0.3, 0.4) is 0 Å². The summed E-state index contributed by atoms with van der Waals surface area (Å²) in [5.41, 5.74) is 1.89. The van der Waals surface area contributed by atoms with Gasteiger partial charge in [0.15, 0.2) is 0 Å². The molecule has 0 unspecified atom stereocenters. The zero-order valence-electron chi connectivity index (χ0n) is 21.0. The first-order chi connectivity index (χ1) is 16.6. The van der Waals surface area contributed by atoms with Gasteiger partial charge in [-0.15, -0.1) is 0 Å². The van der Waals surface area contributed by atoms with E-state index < -0.39 is 15.6 Å². The highest BCUT2D eigenvalue weighted by Gasteiger charge is 2.33. The third-order valence-electron chi connectivity index (χ3n) is 6.06. The van der Waals surface area contributed by atoms with Crippen LogP contribution < -0.4 is 5.32 Å². The van der Waals surface area contributed by atoms with E-state index in [4.69, 9.17) is 4.74 Å². The fourth-order valence-electron chi connectivity index (χ4n) is 3.98. The minimum absolute atomic E-state index is 0.225. The number of anilines is 2. The lowest BCUT2D eigenvalue weighted by atomic mass is 10.1. The Kier molecular flexibility index (Phi) is 7.25. The minimum Gasteiger partial charge on any atom is -0.383 e. The fourth-order valence-corrected chi connectivity index (χ4v) is 5.75. The molecule has 9 nitrogen and oxygen atoms in total. The first-order valence-corrected chi connectivity index (χ1v) is 13.3. The van der Waals surface area contributed by atoms with Gasteiger partial charge in [0.05, 0.1) is 29.1 Å². The van der Waals surface area contributed by atoms with Crippen molar-refractivity contribution in [3.8, 4) is 11.4 Å². The molecule has 0 spiro atoms. The highest BCUT2D eigenvalue weighted by molar-refractivity contribution is 7.89.